The average molecular weight is 222 g/mol. The first-order valence-corrected chi connectivity index (χ1v) is 6.29. The van der Waals surface area contributed by atoms with Gasteiger partial charge in [0.15, 0.2) is 5.65 Å². The van der Waals surface area contributed by atoms with Gasteiger partial charge in [-0.05, 0) is 12.7 Å². The van der Waals surface area contributed by atoms with Crippen LogP contribution < -0.4 is 0 Å². The van der Waals surface area contributed by atoms with Crippen LogP contribution >= 0.6 is 11.8 Å². The van der Waals surface area contributed by atoms with Crippen LogP contribution in [0.4, 0.5) is 0 Å². The first-order chi connectivity index (χ1) is 7.36. The first-order valence-electron chi connectivity index (χ1n) is 5.06. The van der Waals surface area contributed by atoms with Crippen LogP contribution in [0.15, 0.2) is 17.7 Å². The molecule has 4 nitrogen and oxygen atoms in total. The molecular weight excluding hydrogens is 208 g/mol. The zero-order valence-electron chi connectivity index (χ0n) is 8.97. The fourth-order valence-electron chi connectivity index (χ4n) is 1.50. The van der Waals surface area contributed by atoms with Crippen molar-refractivity contribution in [2.75, 3.05) is 6.26 Å². The molecule has 0 saturated heterocycles. The monoisotopic (exact) mass is 222 g/mol. The standard InChI is InChI=1S/C10H14N4S/c1-3-4-5-14-7-13-8-9(14)11-6-12-10(8)15-2/h6-7H,3-5H2,1-2H3. The summed E-state index contributed by atoms with van der Waals surface area (Å²) in [6.45, 7) is 3.17. The number of rotatable bonds is 4. The van der Waals surface area contributed by atoms with Crippen LogP contribution in [0.3, 0.4) is 0 Å². The highest BCUT2D eigenvalue weighted by Crippen LogP contribution is 2.20. The van der Waals surface area contributed by atoms with Gasteiger partial charge in [-0.1, -0.05) is 13.3 Å². The lowest BCUT2D eigenvalue weighted by molar-refractivity contribution is 0.641. The highest BCUT2D eigenvalue weighted by atomic mass is 32.2. The van der Waals surface area contributed by atoms with Crippen LogP contribution in [-0.2, 0) is 6.54 Å². The Bertz CT molecular complexity index is 452. The van der Waals surface area contributed by atoms with E-state index in [9.17, 15) is 0 Å². The quantitative estimate of drug-likeness (QED) is 0.588. The lowest BCUT2D eigenvalue weighted by Gasteiger charge is -2.01. The molecule has 2 aromatic heterocycles. The Morgan fingerprint density at radius 3 is 2.93 bits per heavy atom. The number of aryl methyl sites for hydroxylation is 1. The molecule has 15 heavy (non-hydrogen) atoms. The molecule has 0 N–H and O–H groups in total. The maximum atomic E-state index is 4.36. The van der Waals surface area contributed by atoms with Crippen molar-refractivity contribution >= 4 is 22.9 Å². The second-order valence-corrected chi connectivity index (χ2v) is 4.14. The largest absolute Gasteiger partial charge is 0.315 e. The van der Waals surface area contributed by atoms with E-state index < -0.39 is 0 Å². The van der Waals surface area contributed by atoms with E-state index >= 15 is 0 Å². The summed E-state index contributed by atoms with van der Waals surface area (Å²) in [5, 5.41) is 0.954. The normalized spacial score (nSPS) is 11.1. The summed E-state index contributed by atoms with van der Waals surface area (Å²) in [6, 6.07) is 0. The lowest BCUT2D eigenvalue weighted by Crippen LogP contribution is -1.97. The molecule has 5 heteroatoms. The summed E-state index contributed by atoms with van der Waals surface area (Å²) in [5.41, 5.74) is 1.86. The Morgan fingerprint density at radius 1 is 1.33 bits per heavy atom. The van der Waals surface area contributed by atoms with Gasteiger partial charge in [0.25, 0.3) is 0 Å². The number of hydrogen-bond donors (Lipinski definition) is 0. The zero-order valence-corrected chi connectivity index (χ0v) is 9.79. The maximum Gasteiger partial charge on any atom is 0.164 e. The van der Waals surface area contributed by atoms with Gasteiger partial charge in [0, 0.05) is 6.54 Å². The summed E-state index contributed by atoms with van der Waals surface area (Å²) < 4.78 is 2.10. The molecule has 0 atom stereocenters. The Kier molecular flexibility index (Phi) is 3.20. The molecule has 0 aromatic carbocycles. The Labute approximate surface area is 93.1 Å². The third-order valence-corrected chi connectivity index (χ3v) is 3.00. The summed E-state index contributed by atoms with van der Waals surface area (Å²) in [7, 11) is 0. The molecule has 2 heterocycles. The van der Waals surface area contributed by atoms with Crippen LogP contribution in [0.2, 0.25) is 0 Å². The summed E-state index contributed by atoms with van der Waals surface area (Å²) in [4.78, 5) is 12.8. The highest BCUT2D eigenvalue weighted by Gasteiger charge is 2.08. The Morgan fingerprint density at radius 2 is 2.20 bits per heavy atom. The van der Waals surface area contributed by atoms with Crippen LogP contribution in [0, 0.1) is 0 Å². The summed E-state index contributed by atoms with van der Waals surface area (Å²) in [6.07, 6.45) is 7.81. The molecule has 0 fully saturated rings. The van der Waals surface area contributed by atoms with Gasteiger partial charge in [-0.15, -0.1) is 11.8 Å². The molecule has 0 saturated carbocycles. The van der Waals surface area contributed by atoms with E-state index in [-0.39, 0.29) is 0 Å². The van der Waals surface area contributed by atoms with E-state index in [1.54, 1.807) is 18.1 Å². The number of aromatic nitrogens is 4. The zero-order chi connectivity index (χ0) is 10.7. The van der Waals surface area contributed by atoms with Crippen molar-refractivity contribution in [3.05, 3.63) is 12.7 Å². The van der Waals surface area contributed by atoms with E-state index in [1.807, 2.05) is 12.6 Å². The summed E-state index contributed by atoms with van der Waals surface area (Å²) in [5.74, 6) is 0. The molecule has 80 valence electrons. The maximum absolute atomic E-state index is 4.36. The molecule has 0 bridgehead atoms. The SMILES string of the molecule is CCCCn1cnc2c(SC)ncnc21. The topological polar surface area (TPSA) is 43.6 Å². The lowest BCUT2D eigenvalue weighted by atomic mass is 10.3. The fraction of sp³-hybridized carbons (Fsp3) is 0.500. The number of fused-ring (bicyclic) bond motifs is 1. The van der Waals surface area contributed by atoms with Gasteiger partial charge >= 0.3 is 0 Å². The van der Waals surface area contributed by atoms with Gasteiger partial charge in [-0.3, -0.25) is 0 Å². The number of thioether (sulfide) groups is 1. The third-order valence-electron chi connectivity index (χ3n) is 2.31. The molecule has 2 rings (SSSR count). The third kappa shape index (κ3) is 1.97. The predicted octanol–water partition coefficient (Wildman–Crippen LogP) is 2.35. The number of imidazole rings is 1. The molecule has 0 amide bonds. The average Bonchev–Trinajstić information content (AvgIpc) is 2.69. The van der Waals surface area contributed by atoms with Crippen molar-refractivity contribution < 1.29 is 0 Å². The van der Waals surface area contributed by atoms with Gasteiger partial charge in [-0.25, -0.2) is 15.0 Å². The van der Waals surface area contributed by atoms with Crippen LogP contribution in [-0.4, -0.2) is 25.8 Å². The van der Waals surface area contributed by atoms with Gasteiger partial charge < -0.3 is 4.57 Å². The van der Waals surface area contributed by atoms with Crippen molar-refractivity contribution in [2.24, 2.45) is 0 Å². The minimum Gasteiger partial charge on any atom is -0.315 e. The van der Waals surface area contributed by atoms with Crippen molar-refractivity contribution in [3.63, 3.8) is 0 Å². The number of hydrogen-bond acceptors (Lipinski definition) is 4. The van der Waals surface area contributed by atoms with Gasteiger partial charge in [-0.2, -0.15) is 0 Å². The van der Waals surface area contributed by atoms with Crippen LogP contribution in [0.5, 0.6) is 0 Å². The highest BCUT2D eigenvalue weighted by molar-refractivity contribution is 7.98. The van der Waals surface area contributed by atoms with E-state index in [4.69, 9.17) is 0 Å². The van der Waals surface area contributed by atoms with Gasteiger partial charge in [0.05, 0.1) is 6.33 Å². The smallest absolute Gasteiger partial charge is 0.164 e. The molecule has 2 aromatic rings. The number of unbranched alkanes of at least 4 members (excludes halogenated alkanes) is 1. The first kappa shape index (κ1) is 10.4. The molecule has 0 radical (unpaired) electrons. The second-order valence-electron chi connectivity index (χ2n) is 3.35. The number of nitrogens with zero attached hydrogens (tertiary/aromatic N) is 4. The minimum atomic E-state index is 0.918. The second kappa shape index (κ2) is 4.61. The van der Waals surface area contributed by atoms with E-state index in [0.29, 0.717) is 0 Å². The fourth-order valence-corrected chi connectivity index (χ4v) is 1.99. The Balaban J connectivity index is 2.42. The van der Waals surface area contributed by atoms with Crippen molar-refractivity contribution in [1.82, 2.24) is 19.5 Å². The molecule has 0 unspecified atom stereocenters. The molecule has 0 spiro atoms. The summed E-state index contributed by atoms with van der Waals surface area (Å²) >= 11 is 1.61. The van der Waals surface area contributed by atoms with Gasteiger partial charge in [0.1, 0.15) is 16.9 Å². The molecule has 0 aliphatic heterocycles. The van der Waals surface area contributed by atoms with E-state index in [1.165, 1.54) is 6.42 Å². The van der Waals surface area contributed by atoms with Crippen molar-refractivity contribution in [1.29, 1.82) is 0 Å². The van der Waals surface area contributed by atoms with Crippen LogP contribution in [0.1, 0.15) is 19.8 Å². The van der Waals surface area contributed by atoms with Crippen molar-refractivity contribution in [3.8, 4) is 0 Å². The van der Waals surface area contributed by atoms with Crippen LogP contribution in [0.25, 0.3) is 11.2 Å². The Hall–Kier alpha value is -1.10. The molecule has 0 aliphatic carbocycles. The van der Waals surface area contributed by atoms with Crippen molar-refractivity contribution in [2.45, 2.75) is 31.3 Å². The molecular formula is C10H14N4S. The van der Waals surface area contributed by atoms with Gasteiger partial charge in [0.2, 0.25) is 0 Å². The minimum absolute atomic E-state index is 0.918. The van der Waals surface area contributed by atoms with E-state index in [0.717, 1.165) is 29.2 Å². The predicted molar refractivity (Wildman–Crippen MR) is 62.0 cm³/mol. The molecule has 0 aliphatic rings. The van der Waals surface area contributed by atoms with E-state index in [2.05, 4.69) is 26.4 Å².